The Morgan fingerprint density at radius 2 is 1.66 bits per heavy atom. The van der Waals surface area contributed by atoms with Crippen molar-refractivity contribution < 1.29 is 22.7 Å². The number of alkyl halides is 3. The van der Waals surface area contributed by atoms with E-state index in [4.69, 9.17) is 4.74 Å². The number of carbonyl (C=O) groups is 1. The number of Topliss-reactive ketones (excluding diaryl/α,β-unsaturated/α-hetero) is 1. The maximum Gasteiger partial charge on any atom is 0.419 e. The standard InChI is InChI=1S/C23H24F3NO2/c24-23(25,26)20-7-3-4-8-21(20)29-18-11-13-27(14-12-18)15-17-10-9-16-5-1-2-6-19(16)22(17)28/h1-8,17-18H,9-15H2. The number of benzene rings is 2. The summed E-state index contributed by atoms with van der Waals surface area (Å²) in [5.41, 5.74) is 1.24. The quantitative estimate of drug-likeness (QED) is 0.720. The Balaban J connectivity index is 1.32. The SMILES string of the molecule is O=C1c2ccccc2CCC1CN1CCC(Oc2ccccc2C(F)(F)F)CC1. The third-order valence-electron chi connectivity index (χ3n) is 5.92. The molecule has 1 unspecified atom stereocenters. The Morgan fingerprint density at radius 1 is 0.966 bits per heavy atom. The lowest BCUT2D eigenvalue weighted by atomic mass is 9.82. The predicted octanol–water partition coefficient (Wildman–Crippen LogP) is 4.99. The fourth-order valence-electron chi connectivity index (χ4n) is 4.34. The summed E-state index contributed by atoms with van der Waals surface area (Å²) in [5, 5.41) is 0. The smallest absolute Gasteiger partial charge is 0.419 e. The molecule has 2 aromatic rings. The van der Waals surface area contributed by atoms with Crippen LogP contribution >= 0.6 is 0 Å². The Hall–Kier alpha value is -2.34. The van der Waals surface area contributed by atoms with E-state index >= 15 is 0 Å². The molecule has 29 heavy (non-hydrogen) atoms. The predicted molar refractivity (Wildman–Crippen MR) is 104 cm³/mol. The third-order valence-corrected chi connectivity index (χ3v) is 5.92. The number of likely N-dealkylation sites (tertiary alicyclic amines) is 1. The fraction of sp³-hybridized carbons (Fsp3) is 0.435. The Bertz CT molecular complexity index is 872. The number of rotatable bonds is 4. The first-order valence-electron chi connectivity index (χ1n) is 10.1. The van der Waals surface area contributed by atoms with Crippen molar-refractivity contribution in [2.45, 2.75) is 38.0 Å². The first kappa shape index (κ1) is 20.0. The molecule has 0 saturated carbocycles. The molecule has 0 aromatic heterocycles. The Morgan fingerprint density at radius 3 is 2.41 bits per heavy atom. The number of aryl methyl sites for hydroxylation is 1. The summed E-state index contributed by atoms with van der Waals surface area (Å²) >= 11 is 0. The van der Waals surface area contributed by atoms with E-state index in [0.29, 0.717) is 19.4 Å². The molecule has 154 valence electrons. The van der Waals surface area contributed by atoms with Crippen molar-refractivity contribution in [3.05, 3.63) is 65.2 Å². The first-order valence-corrected chi connectivity index (χ1v) is 10.1. The molecule has 1 atom stereocenters. The molecule has 1 aliphatic heterocycles. The minimum absolute atomic E-state index is 0.00618. The van der Waals surface area contributed by atoms with Crippen LogP contribution in [0.3, 0.4) is 0 Å². The van der Waals surface area contributed by atoms with Crippen molar-refractivity contribution >= 4 is 5.78 Å². The van der Waals surface area contributed by atoms with Crippen LogP contribution in [0.2, 0.25) is 0 Å². The van der Waals surface area contributed by atoms with Gasteiger partial charge in [0.25, 0.3) is 0 Å². The van der Waals surface area contributed by atoms with Crippen molar-refractivity contribution in [3.63, 3.8) is 0 Å². The van der Waals surface area contributed by atoms with Gasteiger partial charge in [0.05, 0.1) is 5.56 Å². The van der Waals surface area contributed by atoms with E-state index in [0.717, 1.165) is 43.1 Å². The number of ether oxygens (including phenoxy) is 1. The van der Waals surface area contributed by atoms with Gasteiger partial charge in [-0.05, 0) is 43.4 Å². The summed E-state index contributed by atoms with van der Waals surface area (Å²) in [5.74, 6) is 0.107. The molecule has 0 radical (unpaired) electrons. The van der Waals surface area contributed by atoms with Crippen LogP contribution < -0.4 is 4.74 Å². The van der Waals surface area contributed by atoms with Crippen molar-refractivity contribution in [3.8, 4) is 5.75 Å². The van der Waals surface area contributed by atoms with Crippen molar-refractivity contribution in [1.82, 2.24) is 4.90 Å². The van der Waals surface area contributed by atoms with Crippen LogP contribution in [0.15, 0.2) is 48.5 Å². The van der Waals surface area contributed by atoms with E-state index < -0.39 is 11.7 Å². The summed E-state index contributed by atoms with van der Waals surface area (Å²) in [7, 11) is 0. The number of hydrogen-bond donors (Lipinski definition) is 0. The number of halogens is 3. The molecule has 1 saturated heterocycles. The minimum atomic E-state index is -4.42. The molecule has 6 heteroatoms. The summed E-state index contributed by atoms with van der Waals surface area (Å²) in [6, 6.07) is 13.2. The highest BCUT2D eigenvalue weighted by atomic mass is 19.4. The molecular weight excluding hydrogens is 379 g/mol. The zero-order chi connectivity index (χ0) is 20.4. The van der Waals surface area contributed by atoms with Crippen LogP contribution in [0.5, 0.6) is 5.75 Å². The number of para-hydroxylation sites is 1. The maximum atomic E-state index is 13.1. The number of nitrogens with zero attached hydrogens (tertiary/aromatic N) is 1. The van der Waals surface area contributed by atoms with Gasteiger partial charge in [-0.25, -0.2) is 0 Å². The van der Waals surface area contributed by atoms with Crippen LogP contribution in [0, 0.1) is 5.92 Å². The molecule has 1 heterocycles. The second-order valence-electron chi connectivity index (χ2n) is 7.87. The molecular formula is C23H24F3NO2. The number of carbonyl (C=O) groups excluding carboxylic acids is 1. The zero-order valence-electron chi connectivity index (χ0n) is 16.1. The lowest BCUT2D eigenvalue weighted by molar-refractivity contribution is -0.139. The van der Waals surface area contributed by atoms with E-state index in [-0.39, 0.29) is 23.6 Å². The largest absolute Gasteiger partial charge is 0.490 e. The van der Waals surface area contributed by atoms with Crippen molar-refractivity contribution in [2.24, 2.45) is 5.92 Å². The Kier molecular flexibility index (Phi) is 5.63. The maximum absolute atomic E-state index is 13.1. The molecule has 2 aliphatic rings. The second-order valence-corrected chi connectivity index (χ2v) is 7.87. The summed E-state index contributed by atoms with van der Waals surface area (Å²) in [6.07, 6.45) is -1.58. The molecule has 2 aromatic carbocycles. The number of hydrogen-bond acceptors (Lipinski definition) is 3. The molecule has 1 fully saturated rings. The number of ketones is 1. The van der Waals surface area contributed by atoms with E-state index in [1.165, 1.54) is 12.1 Å². The van der Waals surface area contributed by atoms with Gasteiger partial charge in [0, 0.05) is 31.1 Å². The molecule has 0 bridgehead atoms. The fourth-order valence-corrected chi connectivity index (χ4v) is 4.34. The van der Waals surface area contributed by atoms with Crippen LogP contribution in [-0.4, -0.2) is 36.4 Å². The van der Waals surface area contributed by atoms with Gasteiger partial charge >= 0.3 is 6.18 Å². The Labute approximate surface area is 168 Å². The van der Waals surface area contributed by atoms with Crippen molar-refractivity contribution in [2.75, 3.05) is 19.6 Å². The summed E-state index contributed by atoms with van der Waals surface area (Å²) in [4.78, 5) is 15.0. The average molecular weight is 403 g/mol. The van der Waals surface area contributed by atoms with E-state index in [1.807, 2.05) is 24.3 Å². The lowest BCUT2D eigenvalue weighted by Gasteiger charge is -2.35. The first-order chi connectivity index (χ1) is 13.9. The number of fused-ring (bicyclic) bond motifs is 1. The van der Waals surface area contributed by atoms with Gasteiger partial charge in [-0.2, -0.15) is 13.2 Å². The lowest BCUT2D eigenvalue weighted by Crippen LogP contribution is -2.43. The van der Waals surface area contributed by atoms with Crippen LogP contribution in [0.1, 0.15) is 40.7 Å². The van der Waals surface area contributed by atoms with Gasteiger partial charge in [0.15, 0.2) is 5.78 Å². The van der Waals surface area contributed by atoms with Gasteiger partial charge in [-0.1, -0.05) is 36.4 Å². The highest BCUT2D eigenvalue weighted by molar-refractivity contribution is 6.00. The zero-order valence-corrected chi connectivity index (χ0v) is 16.1. The molecule has 0 amide bonds. The van der Waals surface area contributed by atoms with E-state index in [1.54, 1.807) is 6.07 Å². The minimum Gasteiger partial charge on any atom is -0.490 e. The van der Waals surface area contributed by atoms with Gasteiger partial charge in [-0.15, -0.1) is 0 Å². The second kappa shape index (κ2) is 8.19. The molecule has 3 nitrogen and oxygen atoms in total. The van der Waals surface area contributed by atoms with Crippen LogP contribution in [-0.2, 0) is 12.6 Å². The third kappa shape index (κ3) is 4.47. The van der Waals surface area contributed by atoms with Crippen LogP contribution in [0.4, 0.5) is 13.2 Å². The monoisotopic (exact) mass is 403 g/mol. The van der Waals surface area contributed by atoms with Crippen molar-refractivity contribution in [1.29, 1.82) is 0 Å². The molecule has 1 aliphatic carbocycles. The number of piperidine rings is 1. The van der Waals surface area contributed by atoms with Crippen LogP contribution in [0.25, 0.3) is 0 Å². The van der Waals surface area contributed by atoms with Gasteiger partial charge in [0.2, 0.25) is 0 Å². The highest BCUT2D eigenvalue weighted by Gasteiger charge is 2.35. The van der Waals surface area contributed by atoms with Gasteiger partial charge in [-0.3, -0.25) is 4.79 Å². The molecule has 0 N–H and O–H groups in total. The molecule has 0 spiro atoms. The summed E-state index contributed by atoms with van der Waals surface area (Å²) in [6.45, 7) is 2.16. The van der Waals surface area contributed by atoms with Gasteiger partial charge < -0.3 is 9.64 Å². The van der Waals surface area contributed by atoms with E-state index in [9.17, 15) is 18.0 Å². The summed E-state index contributed by atoms with van der Waals surface area (Å²) < 4.78 is 45.1. The topological polar surface area (TPSA) is 29.5 Å². The normalized spacial score (nSPS) is 21.1. The highest BCUT2D eigenvalue weighted by Crippen LogP contribution is 2.37. The van der Waals surface area contributed by atoms with E-state index in [2.05, 4.69) is 4.90 Å². The van der Waals surface area contributed by atoms with Gasteiger partial charge in [0.1, 0.15) is 11.9 Å². The molecule has 4 rings (SSSR count). The average Bonchev–Trinajstić information content (AvgIpc) is 2.71.